The van der Waals surface area contributed by atoms with E-state index >= 15 is 0 Å². The van der Waals surface area contributed by atoms with Crippen LogP contribution in [0.2, 0.25) is 0 Å². The molecule has 0 spiro atoms. The number of rotatable bonds is 5. The van der Waals surface area contributed by atoms with Crippen LogP contribution in [0.3, 0.4) is 0 Å². The van der Waals surface area contributed by atoms with Gasteiger partial charge in [-0.05, 0) is 62.4 Å². The minimum absolute atomic E-state index is 0.424. The third kappa shape index (κ3) is 3.94. The molecule has 0 bridgehead atoms. The van der Waals surface area contributed by atoms with Crippen molar-refractivity contribution in [1.82, 2.24) is 9.62 Å². The van der Waals surface area contributed by atoms with Gasteiger partial charge in [-0.3, -0.25) is 4.90 Å². The van der Waals surface area contributed by atoms with Crippen molar-refractivity contribution in [1.29, 1.82) is 0 Å². The lowest BCUT2D eigenvalue weighted by molar-refractivity contribution is 0.0390. The Kier molecular flexibility index (Phi) is 5.84. The maximum atomic E-state index is 12.8. The summed E-state index contributed by atoms with van der Waals surface area (Å²) >= 11 is 0. The Balaban J connectivity index is 2.16. The van der Waals surface area contributed by atoms with Crippen molar-refractivity contribution in [3.05, 3.63) is 27.8 Å². The summed E-state index contributed by atoms with van der Waals surface area (Å²) in [5.41, 5.74) is 4.99. The number of hydrogen-bond donors (Lipinski definition) is 1. The lowest BCUT2D eigenvalue weighted by Crippen LogP contribution is -2.41. The summed E-state index contributed by atoms with van der Waals surface area (Å²) in [4.78, 5) is 2.66. The van der Waals surface area contributed by atoms with Crippen LogP contribution in [0.4, 0.5) is 0 Å². The first-order valence-electron chi connectivity index (χ1n) is 8.12. The monoisotopic (exact) mass is 340 g/mol. The highest BCUT2D eigenvalue weighted by Crippen LogP contribution is 2.29. The van der Waals surface area contributed by atoms with Gasteiger partial charge in [0.05, 0.1) is 18.1 Å². The van der Waals surface area contributed by atoms with Gasteiger partial charge in [-0.1, -0.05) is 0 Å². The Morgan fingerprint density at radius 2 is 1.39 bits per heavy atom. The van der Waals surface area contributed by atoms with Crippen LogP contribution < -0.4 is 4.72 Å². The summed E-state index contributed by atoms with van der Waals surface area (Å²) in [6.07, 6.45) is 0. The van der Waals surface area contributed by atoms with Gasteiger partial charge in [0.2, 0.25) is 10.0 Å². The molecule has 1 saturated heterocycles. The van der Waals surface area contributed by atoms with Crippen molar-refractivity contribution in [3.8, 4) is 0 Å². The smallest absolute Gasteiger partial charge is 0.241 e. The molecule has 1 aromatic rings. The summed E-state index contributed by atoms with van der Waals surface area (Å²) in [6, 6.07) is 0. The van der Waals surface area contributed by atoms with Crippen LogP contribution in [0.15, 0.2) is 4.90 Å². The lowest BCUT2D eigenvalue weighted by atomic mass is 9.95. The highest BCUT2D eigenvalue weighted by Gasteiger charge is 2.23. The van der Waals surface area contributed by atoms with E-state index in [-0.39, 0.29) is 0 Å². The second kappa shape index (κ2) is 7.30. The van der Waals surface area contributed by atoms with Gasteiger partial charge in [0.1, 0.15) is 0 Å². The van der Waals surface area contributed by atoms with Gasteiger partial charge >= 0.3 is 0 Å². The average molecular weight is 340 g/mol. The average Bonchev–Trinajstić information content (AvgIpc) is 2.52. The van der Waals surface area contributed by atoms with Crippen LogP contribution in [0.5, 0.6) is 0 Å². The maximum absolute atomic E-state index is 12.8. The van der Waals surface area contributed by atoms with Crippen molar-refractivity contribution >= 4 is 10.0 Å². The fourth-order valence-electron chi connectivity index (χ4n) is 3.10. The van der Waals surface area contributed by atoms with Gasteiger partial charge in [0, 0.05) is 26.2 Å². The zero-order chi connectivity index (χ0) is 17.2. The Bertz CT molecular complexity index is 649. The number of benzene rings is 1. The largest absolute Gasteiger partial charge is 0.379 e. The molecule has 1 heterocycles. The van der Waals surface area contributed by atoms with Crippen LogP contribution >= 0.6 is 0 Å². The van der Waals surface area contributed by atoms with Gasteiger partial charge in [-0.15, -0.1) is 0 Å². The number of ether oxygens (including phenoxy) is 1. The normalized spacial score (nSPS) is 16.7. The van der Waals surface area contributed by atoms with Crippen LogP contribution in [-0.2, 0) is 14.8 Å². The van der Waals surface area contributed by atoms with Crippen LogP contribution in [0.1, 0.15) is 27.8 Å². The molecule has 5 nitrogen and oxygen atoms in total. The van der Waals surface area contributed by atoms with Gasteiger partial charge in [0.25, 0.3) is 0 Å². The molecule has 23 heavy (non-hydrogen) atoms. The fourth-order valence-corrected chi connectivity index (χ4v) is 4.72. The Hall–Kier alpha value is -0.950. The van der Waals surface area contributed by atoms with Gasteiger partial charge in [0.15, 0.2) is 0 Å². The van der Waals surface area contributed by atoms with E-state index in [0.717, 1.165) is 48.6 Å². The summed E-state index contributed by atoms with van der Waals surface area (Å²) in [5, 5.41) is 0. The first kappa shape index (κ1) is 18.4. The van der Waals surface area contributed by atoms with Gasteiger partial charge in [-0.2, -0.15) is 0 Å². The molecule has 0 saturated carbocycles. The van der Waals surface area contributed by atoms with E-state index in [9.17, 15) is 8.42 Å². The summed E-state index contributed by atoms with van der Waals surface area (Å²) in [7, 11) is -3.49. The van der Waals surface area contributed by atoms with Crippen molar-refractivity contribution in [2.75, 3.05) is 39.4 Å². The van der Waals surface area contributed by atoms with E-state index in [4.69, 9.17) is 4.74 Å². The molecule has 0 amide bonds. The molecule has 1 aliphatic heterocycles. The van der Waals surface area contributed by atoms with Crippen LogP contribution in [-0.4, -0.2) is 52.7 Å². The van der Waals surface area contributed by atoms with Gasteiger partial charge in [-0.25, -0.2) is 13.1 Å². The SMILES string of the molecule is Cc1c(C)c(C)c(S(=O)(=O)NCCN2CCOCC2)c(C)c1C. The van der Waals surface area contributed by atoms with Crippen molar-refractivity contribution in [3.63, 3.8) is 0 Å². The standard InChI is InChI=1S/C17H28N2O3S/c1-12-13(2)15(4)17(16(5)14(12)3)23(20,21)18-6-7-19-8-10-22-11-9-19/h18H,6-11H2,1-5H3. The maximum Gasteiger partial charge on any atom is 0.241 e. The predicted octanol–water partition coefficient (Wildman–Crippen LogP) is 1.84. The van der Waals surface area contributed by atoms with Crippen molar-refractivity contribution in [2.45, 2.75) is 39.5 Å². The minimum atomic E-state index is -3.49. The second-order valence-electron chi connectivity index (χ2n) is 6.31. The molecule has 0 unspecified atom stereocenters. The molecule has 0 radical (unpaired) electrons. The molecular formula is C17H28N2O3S. The zero-order valence-electron chi connectivity index (χ0n) is 14.8. The van der Waals surface area contributed by atoms with E-state index in [1.165, 1.54) is 5.56 Å². The summed E-state index contributed by atoms with van der Waals surface area (Å²) in [5.74, 6) is 0. The summed E-state index contributed by atoms with van der Waals surface area (Å²) < 4.78 is 33.6. The van der Waals surface area contributed by atoms with E-state index in [1.807, 2.05) is 34.6 Å². The Morgan fingerprint density at radius 1 is 0.913 bits per heavy atom. The molecule has 1 aliphatic rings. The highest BCUT2D eigenvalue weighted by atomic mass is 32.2. The zero-order valence-corrected chi connectivity index (χ0v) is 15.6. The van der Waals surface area contributed by atoms with E-state index < -0.39 is 10.0 Å². The minimum Gasteiger partial charge on any atom is -0.379 e. The Morgan fingerprint density at radius 3 is 1.91 bits per heavy atom. The molecule has 0 aromatic heterocycles. The fraction of sp³-hybridized carbons (Fsp3) is 0.647. The molecule has 0 aliphatic carbocycles. The second-order valence-corrected chi connectivity index (χ2v) is 8.01. The number of hydrogen-bond acceptors (Lipinski definition) is 4. The quantitative estimate of drug-likeness (QED) is 0.888. The molecule has 1 aromatic carbocycles. The third-order valence-electron chi connectivity index (χ3n) is 5.02. The number of sulfonamides is 1. The van der Waals surface area contributed by atoms with Crippen molar-refractivity contribution < 1.29 is 13.2 Å². The van der Waals surface area contributed by atoms with Crippen molar-refractivity contribution in [2.24, 2.45) is 0 Å². The third-order valence-corrected chi connectivity index (χ3v) is 6.76. The lowest BCUT2D eigenvalue weighted by Gasteiger charge is -2.26. The number of nitrogens with zero attached hydrogens (tertiary/aromatic N) is 1. The van der Waals surface area contributed by atoms with E-state index in [0.29, 0.717) is 18.0 Å². The van der Waals surface area contributed by atoms with E-state index in [2.05, 4.69) is 9.62 Å². The number of nitrogens with one attached hydrogen (secondary N) is 1. The Labute approximate surface area is 140 Å². The molecule has 1 N–H and O–H groups in total. The van der Waals surface area contributed by atoms with Crippen LogP contribution in [0, 0.1) is 34.6 Å². The highest BCUT2D eigenvalue weighted by molar-refractivity contribution is 7.89. The molecule has 6 heteroatoms. The molecule has 1 fully saturated rings. The first-order chi connectivity index (χ1) is 10.8. The number of morpholine rings is 1. The topological polar surface area (TPSA) is 58.6 Å². The molecule has 0 atom stereocenters. The molecule has 2 rings (SSSR count). The first-order valence-corrected chi connectivity index (χ1v) is 9.60. The molecular weight excluding hydrogens is 312 g/mol. The summed E-state index contributed by atoms with van der Waals surface area (Å²) in [6.45, 7) is 14.1. The van der Waals surface area contributed by atoms with E-state index in [1.54, 1.807) is 0 Å². The molecule has 130 valence electrons. The van der Waals surface area contributed by atoms with Crippen LogP contribution in [0.25, 0.3) is 0 Å². The van der Waals surface area contributed by atoms with Gasteiger partial charge < -0.3 is 4.74 Å². The predicted molar refractivity (Wildman–Crippen MR) is 92.6 cm³/mol.